The number of rotatable bonds is 11. The molecule has 12 N–H and O–H groups in total. The number of esters is 1. The van der Waals surface area contributed by atoms with E-state index in [1.807, 2.05) is 25.4 Å². The lowest BCUT2D eigenvalue weighted by Crippen LogP contribution is -2.65. The standard InChI is InChI=1S/C63H85N5O10/c1-33-8-12-36-26-37-13-17-43-42(45-32-78-58(75)52(45)39-19-22-66-30-39)7-5-6-38-28-63(77)54-46(18-20-62(63,21-23-67-59(64)65)57(38)61(4,76)50(73)25-34(2)51(37)53(43)44(36)24-33)60(3)29-49(72)48(71)27-47(60)56(74)55(54)68-31-41(70)16-11-35-9-14-40(69)15-10-35/h9-10,14-15,19,22,26,30,33-34,37-38,42-53,57,66,68-69,71-73,76-77H,6,8,11-13,16-18,20-21,23-25,27-29,31-32H2,1-4H3,(H4,64,65,67). The minimum atomic E-state index is -1.85. The number of carbonyl (C=O) groups excluding carboxylic acids is 3. The first-order valence-corrected chi connectivity index (χ1v) is 29.5. The maximum atomic E-state index is 15.5. The third-order valence-corrected chi connectivity index (χ3v) is 22.5. The molecule has 5 saturated carbocycles. The number of aromatic hydroxyl groups is 1. The highest BCUT2D eigenvalue weighted by Gasteiger charge is 2.74. The van der Waals surface area contributed by atoms with Gasteiger partial charge < -0.3 is 57.1 Å². The zero-order valence-corrected chi connectivity index (χ0v) is 46.1. The maximum Gasteiger partial charge on any atom is 0.313 e. The fourth-order valence-electron chi connectivity index (χ4n) is 19.1. The van der Waals surface area contributed by atoms with Gasteiger partial charge in [0.25, 0.3) is 0 Å². The van der Waals surface area contributed by atoms with Gasteiger partial charge in [0, 0.05) is 60.9 Å². The lowest BCUT2D eigenvalue weighted by Gasteiger charge is -2.62. The van der Waals surface area contributed by atoms with Crippen LogP contribution in [0, 0.1) is 99.6 Å². The second-order valence-electron chi connectivity index (χ2n) is 26.7. The van der Waals surface area contributed by atoms with Crippen molar-refractivity contribution in [3.63, 3.8) is 0 Å². The monoisotopic (exact) mass is 1070 g/mol. The summed E-state index contributed by atoms with van der Waals surface area (Å²) in [6.45, 7) is 8.44. The molecular formula is C63H85N5O10. The molecule has 1 aliphatic heterocycles. The van der Waals surface area contributed by atoms with Gasteiger partial charge >= 0.3 is 5.97 Å². The van der Waals surface area contributed by atoms with E-state index in [2.05, 4.69) is 47.1 Å². The van der Waals surface area contributed by atoms with Gasteiger partial charge in [-0.1, -0.05) is 50.5 Å². The molecule has 9 aliphatic rings. The van der Waals surface area contributed by atoms with Crippen LogP contribution in [0.5, 0.6) is 5.75 Å². The molecule has 0 radical (unpaired) electrons. The van der Waals surface area contributed by atoms with E-state index in [9.17, 15) is 40.2 Å². The summed E-state index contributed by atoms with van der Waals surface area (Å²) in [6.07, 6.45) is 10.3. The number of nitrogens with two attached hydrogens (primary N) is 2. The molecule has 15 nitrogen and oxygen atoms in total. The summed E-state index contributed by atoms with van der Waals surface area (Å²) in [5.41, 5.74) is 10.1. The number of benzene rings is 1. The van der Waals surface area contributed by atoms with E-state index < -0.39 is 69.9 Å². The summed E-state index contributed by atoms with van der Waals surface area (Å²) in [5.74, 6) is 5.08. The Morgan fingerprint density at radius 1 is 0.936 bits per heavy atom. The molecule has 8 aliphatic carbocycles. The van der Waals surface area contributed by atoms with Crippen LogP contribution in [0.3, 0.4) is 0 Å². The van der Waals surface area contributed by atoms with Crippen molar-refractivity contribution in [2.75, 3.05) is 19.7 Å². The van der Waals surface area contributed by atoms with Crippen molar-refractivity contribution >= 4 is 23.5 Å². The number of allylic oxidation sites excluding steroid dienone is 3. The number of ketones is 2. The number of hydrogen-bond acceptors (Lipinski definition) is 12. The first-order valence-electron chi connectivity index (χ1n) is 29.5. The Morgan fingerprint density at radius 2 is 1.72 bits per heavy atom. The molecule has 422 valence electrons. The molecule has 0 spiro atoms. The predicted octanol–water partition coefficient (Wildman–Crippen LogP) is 5.97. The molecular weight excluding hydrogens is 987 g/mol. The van der Waals surface area contributed by atoms with Gasteiger partial charge in [-0.2, -0.15) is 0 Å². The average molecular weight is 1070 g/mol. The van der Waals surface area contributed by atoms with Crippen LogP contribution in [-0.4, -0.2) is 108 Å². The van der Waals surface area contributed by atoms with Crippen LogP contribution in [-0.2, 0) is 25.5 Å². The van der Waals surface area contributed by atoms with Crippen LogP contribution in [0.25, 0.3) is 0 Å². The molecule has 1 saturated heterocycles. The molecule has 78 heavy (non-hydrogen) atoms. The lowest BCUT2D eigenvalue weighted by molar-refractivity contribution is -0.190. The number of phenolic OH excluding ortho intramolecular Hbond substituents is 1. The van der Waals surface area contributed by atoms with Gasteiger partial charge in [0.1, 0.15) is 5.75 Å². The normalized spacial score (nSPS) is 43.8. The van der Waals surface area contributed by atoms with Gasteiger partial charge in [0.2, 0.25) is 0 Å². The number of ether oxygens (including phenoxy) is 1. The number of aliphatic imine (C=N–C) groups is 1. The van der Waals surface area contributed by atoms with Gasteiger partial charge in [0.05, 0.1) is 54.3 Å². The lowest BCUT2D eigenvalue weighted by atomic mass is 9.44. The van der Waals surface area contributed by atoms with Crippen molar-refractivity contribution in [1.82, 2.24) is 10.3 Å². The van der Waals surface area contributed by atoms with Gasteiger partial charge in [-0.25, -0.2) is 0 Å². The van der Waals surface area contributed by atoms with Crippen LogP contribution in [0.2, 0.25) is 0 Å². The Hall–Kier alpha value is -4.98. The number of aliphatic hydroxyl groups is 5. The number of guanidine groups is 1. The number of cyclic esters (lactones) is 1. The van der Waals surface area contributed by atoms with E-state index in [1.165, 1.54) is 0 Å². The second kappa shape index (κ2) is 20.8. The summed E-state index contributed by atoms with van der Waals surface area (Å²) in [5, 5.41) is 77.1. The van der Waals surface area contributed by atoms with Crippen molar-refractivity contribution in [3.05, 3.63) is 76.8 Å². The number of aryl methyl sites for hydroxylation is 1. The Bertz CT molecular complexity index is 2780. The highest BCUT2D eigenvalue weighted by Crippen LogP contribution is 2.73. The second-order valence-corrected chi connectivity index (χ2v) is 26.7. The van der Waals surface area contributed by atoms with Crippen molar-refractivity contribution in [3.8, 4) is 17.6 Å². The minimum absolute atomic E-state index is 0.0125. The van der Waals surface area contributed by atoms with E-state index in [0.29, 0.717) is 43.1 Å². The summed E-state index contributed by atoms with van der Waals surface area (Å²) in [4.78, 5) is 51.0. The smallest absolute Gasteiger partial charge is 0.313 e. The van der Waals surface area contributed by atoms with E-state index in [-0.39, 0.29) is 135 Å². The molecule has 6 fully saturated rings. The maximum absolute atomic E-state index is 15.5. The highest BCUT2D eigenvalue weighted by atomic mass is 16.5. The van der Waals surface area contributed by atoms with Crippen molar-refractivity contribution in [2.45, 2.75) is 159 Å². The summed E-state index contributed by atoms with van der Waals surface area (Å²) in [6, 6.07) is 8.64. The zero-order valence-electron chi connectivity index (χ0n) is 46.1. The molecule has 0 amide bonds. The Morgan fingerprint density at radius 3 is 2.46 bits per heavy atom. The van der Waals surface area contributed by atoms with Crippen molar-refractivity contribution in [2.24, 2.45) is 104 Å². The number of aromatic amines is 1. The quantitative estimate of drug-likeness (QED) is 0.0409. The molecule has 2 aromatic rings. The number of nitrogens with zero attached hydrogens (tertiary/aromatic N) is 1. The van der Waals surface area contributed by atoms with Gasteiger partial charge in [0.15, 0.2) is 17.5 Å². The van der Waals surface area contributed by atoms with E-state index >= 15 is 4.79 Å². The van der Waals surface area contributed by atoms with Crippen LogP contribution in [0.1, 0.15) is 135 Å². The topological polar surface area (TPSA) is 274 Å². The highest BCUT2D eigenvalue weighted by molar-refractivity contribution is 6.00. The van der Waals surface area contributed by atoms with Crippen molar-refractivity contribution < 1.29 is 49.8 Å². The first-order chi connectivity index (χ1) is 37.2. The van der Waals surface area contributed by atoms with E-state index in [1.54, 1.807) is 36.8 Å². The number of fused-ring (bicyclic) bond motifs is 8. The number of aromatic nitrogens is 1. The molecule has 2 heterocycles. The molecule has 4 bridgehead atoms. The van der Waals surface area contributed by atoms with E-state index in [4.69, 9.17) is 16.2 Å². The van der Waals surface area contributed by atoms with Crippen LogP contribution >= 0.6 is 0 Å². The van der Waals surface area contributed by atoms with Crippen molar-refractivity contribution in [1.29, 1.82) is 0 Å². The number of nitrogens with one attached hydrogen (secondary N) is 2. The minimum Gasteiger partial charge on any atom is -0.508 e. The number of carbonyl (C=O) groups is 3. The van der Waals surface area contributed by atoms with Gasteiger partial charge in [-0.3, -0.25) is 19.4 Å². The number of phenols is 1. The Labute approximate surface area is 459 Å². The van der Waals surface area contributed by atoms with Crippen LogP contribution < -0.4 is 16.8 Å². The summed E-state index contributed by atoms with van der Waals surface area (Å²) >= 11 is 0. The van der Waals surface area contributed by atoms with Gasteiger partial charge in [-0.05, 0) is 184 Å². The molecule has 1 aromatic heterocycles. The number of Topliss-reactive ketones (excluding diaryl/α,β-unsaturated/α-hetero) is 2. The van der Waals surface area contributed by atoms with Gasteiger partial charge in [-0.15, -0.1) is 5.92 Å². The van der Waals surface area contributed by atoms with E-state index in [0.717, 1.165) is 43.2 Å². The number of H-pyrrole nitrogens is 1. The molecule has 21 unspecified atom stereocenters. The fourth-order valence-corrected chi connectivity index (χ4v) is 19.1. The third-order valence-electron chi connectivity index (χ3n) is 22.5. The van der Waals surface area contributed by atoms with Crippen LogP contribution in [0.4, 0.5) is 0 Å². The zero-order chi connectivity index (χ0) is 55.2. The SMILES string of the molecule is CC1CCC2=CC3CCC4C(C5COC(=O)C5c5cc[nH]c5)C#CCC5CC6(O)C7=C(NCC(=O)CCc8ccc(O)cc8)C(=O)C8CC(O)C(O)CC8(C)C7CCC6(CCN=C(N)N)C5C(C)(O)C(O)CC(C)C3C4C2C1. The molecule has 21 atom stereocenters. The Kier molecular flexibility index (Phi) is 14.7. The number of aliphatic hydroxyl groups excluding tert-OH is 3. The first kappa shape index (κ1) is 55.0. The molecule has 11 rings (SSSR count). The molecule has 1 aromatic carbocycles. The molecule has 15 heteroatoms. The predicted molar refractivity (Wildman–Crippen MR) is 293 cm³/mol. The third kappa shape index (κ3) is 9.16. The average Bonchev–Trinajstić information content (AvgIpc) is 4.30. The summed E-state index contributed by atoms with van der Waals surface area (Å²) in [7, 11) is 0. The number of hydrogen-bond donors (Lipinski definition) is 10. The fraction of sp³-hybridized carbons (Fsp3) is 0.683. The summed E-state index contributed by atoms with van der Waals surface area (Å²) < 4.78 is 6.03. The van der Waals surface area contributed by atoms with Crippen LogP contribution in [0.15, 0.2) is 70.6 Å². The largest absolute Gasteiger partial charge is 0.508 e. The Balaban J connectivity index is 1.05.